The molecule has 0 unspecified atom stereocenters. The second kappa shape index (κ2) is 7.14. The number of alkyl halides is 1. The molecule has 0 saturated carbocycles. The lowest BCUT2D eigenvalue weighted by molar-refractivity contribution is -0.146. The number of esters is 1. The summed E-state index contributed by atoms with van der Waals surface area (Å²) < 4.78 is 8.54. The molecule has 0 radical (unpaired) electrons. The molecule has 1 aromatic carbocycles. The third-order valence-electron chi connectivity index (χ3n) is 4.07. The number of allylic oxidation sites excluding steroid dienone is 1. The van der Waals surface area contributed by atoms with Gasteiger partial charge in [0.1, 0.15) is 0 Å². The summed E-state index contributed by atoms with van der Waals surface area (Å²) in [6, 6.07) is 7.83. The maximum atomic E-state index is 12.8. The third kappa shape index (κ3) is 2.95. The van der Waals surface area contributed by atoms with Crippen molar-refractivity contribution >= 4 is 17.6 Å². The van der Waals surface area contributed by atoms with Crippen LogP contribution in [0.15, 0.2) is 52.1 Å². The zero-order valence-corrected chi connectivity index (χ0v) is 14.4. The van der Waals surface area contributed by atoms with E-state index < -0.39 is 29.4 Å². The van der Waals surface area contributed by atoms with Gasteiger partial charge >= 0.3 is 17.3 Å². The van der Waals surface area contributed by atoms with Gasteiger partial charge < -0.3 is 4.74 Å². The van der Waals surface area contributed by atoms with Crippen molar-refractivity contribution in [2.24, 2.45) is 0 Å². The Kier molecular flexibility index (Phi) is 4.94. The molecule has 2 atom stereocenters. The fourth-order valence-electron chi connectivity index (χ4n) is 2.98. The molecule has 1 aliphatic heterocycles. The lowest BCUT2D eigenvalue weighted by Crippen LogP contribution is -2.39. The molecule has 2 aromatic rings. The van der Waals surface area contributed by atoms with Gasteiger partial charge in [0.2, 0.25) is 0 Å². The summed E-state index contributed by atoms with van der Waals surface area (Å²) in [6.07, 6.45) is 3.34. The number of aromatic nitrogens is 3. The molecule has 7 nitrogen and oxygen atoms in total. The molecule has 2 heterocycles. The number of nitrogens with zero attached hydrogens (tertiary/aromatic N) is 3. The highest BCUT2D eigenvalue weighted by molar-refractivity contribution is 6.17. The topological polar surface area (TPSA) is 75.2 Å². The van der Waals surface area contributed by atoms with E-state index in [1.165, 1.54) is 4.68 Å². The van der Waals surface area contributed by atoms with E-state index in [0.29, 0.717) is 0 Å². The van der Waals surface area contributed by atoms with Gasteiger partial charge in [-0.3, -0.25) is 0 Å². The van der Waals surface area contributed by atoms with Crippen LogP contribution in [0.25, 0.3) is 0 Å². The van der Waals surface area contributed by atoms with E-state index in [2.05, 4.69) is 0 Å². The third-order valence-corrected chi connectivity index (χ3v) is 4.23. The van der Waals surface area contributed by atoms with Crippen molar-refractivity contribution in [3.8, 4) is 0 Å². The molecule has 132 valence electrons. The maximum absolute atomic E-state index is 12.8. The van der Waals surface area contributed by atoms with Gasteiger partial charge in [-0.2, -0.15) is 0 Å². The number of benzene rings is 1. The minimum absolute atomic E-state index is 0.0727. The number of ether oxygens (including phenoxy) is 1. The standard InChI is InChI=1S/C17H18ClN3O4/c1-2-25-15(22)14-9-8-13(12-6-4-3-5-7-12)20-16(23)19(11-10-18)17(24)21(14)20/h3-9,13-14H,2,10-11H2,1H3/t13-,14+/m1/s1. The second-order valence-electron chi connectivity index (χ2n) is 5.53. The highest BCUT2D eigenvalue weighted by Gasteiger charge is 2.33. The molecule has 0 fully saturated rings. The van der Waals surface area contributed by atoms with Crippen LogP contribution < -0.4 is 11.4 Å². The van der Waals surface area contributed by atoms with Crippen LogP contribution in [0.3, 0.4) is 0 Å². The zero-order chi connectivity index (χ0) is 18.0. The molecule has 3 rings (SSSR count). The van der Waals surface area contributed by atoms with Crippen LogP contribution in [0.5, 0.6) is 0 Å². The number of halogens is 1. The normalized spacial score (nSPS) is 18.8. The number of hydrogen-bond donors (Lipinski definition) is 0. The molecule has 0 spiro atoms. The lowest BCUT2D eigenvalue weighted by Gasteiger charge is -2.26. The van der Waals surface area contributed by atoms with Crippen molar-refractivity contribution in [2.75, 3.05) is 12.5 Å². The van der Waals surface area contributed by atoms with Gasteiger partial charge in [-0.05, 0) is 12.5 Å². The fraction of sp³-hybridized carbons (Fsp3) is 0.353. The Morgan fingerprint density at radius 3 is 2.44 bits per heavy atom. The molecular weight excluding hydrogens is 346 g/mol. The first-order valence-corrected chi connectivity index (χ1v) is 8.53. The minimum Gasteiger partial charge on any atom is -0.464 e. The van der Waals surface area contributed by atoms with Gasteiger partial charge in [0.25, 0.3) is 0 Å². The molecule has 1 aromatic heterocycles. The molecule has 0 amide bonds. The molecule has 0 N–H and O–H groups in total. The number of fused-ring (bicyclic) bond motifs is 1. The predicted molar refractivity (Wildman–Crippen MR) is 93.1 cm³/mol. The van der Waals surface area contributed by atoms with Crippen LogP contribution in [-0.2, 0) is 16.1 Å². The van der Waals surface area contributed by atoms with Crippen molar-refractivity contribution in [3.05, 3.63) is 69.0 Å². The first-order valence-electron chi connectivity index (χ1n) is 7.99. The van der Waals surface area contributed by atoms with Crippen molar-refractivity contribution in [1.29, 1.82) is 0 Å². The quantitative estimate of drug-likeness (QED) is 0.456. The van der Waals surface area contributed by atoms with E-state index in [0.717, 1.165) is 14.8 Å². The van der Waals surface area contributed by atoms with Gasteiger partial charge in [0.05, 0.1) is 12.6 Å². The lowest BCUT2D eigenvalue weighted by atomic mass is 10.0. The summed E-state index contributed by atoms with van der Waals surface area (Å²) in [5, 5.41) is 0. The Morgan fingerprint density at radius 2 is 1.80 bits per heavy atom. The Balaban J connectivity index is 2.21. The van der Waals surface area contributed by atoms with Gasteiger partial charge in [-0.25, -0.2) is 28.3 Å². The van der Waals surface area contributed by atoms with Crippen LogP contribution in [0.4, 0.5) is 0 Å². The van der Waals surface area contributed by atoms with Crippen LogP contribution in [0.1, 0.15) is 24.6 Å². The molecule has 1 aliphatic rings. The van der Waals surface area contributed by atoms with Crippen molar-refractivity contribution in [2.45, 2.75) is 25.6 Å². The van der Waals surface area contributed by atoms with E-state index in [4.69, 9.17) is 16.3 Å². The summed E-state index contributed by atoms with van der Waals surface area (Å²) in [6.45, 7) is 1.95. The first-order chi connectivity index (χ1) is 12.1. The summed E-state index contributed by atoms with van der Waals surface area (Å²) in [5.41, 5.74) is -0.243. The number of rotatable bonds is 5. The molecular formula is C17H18ClN3O4. The van der Waals surface area contributed by atoms with E-state index in [-0.39, 0.29) is 19.0 Å². The predicted octanol–water partition coefficient (Wildman–Crippen LogP) is 1.31. The maximum Gasteiger partial charge on any atom is 0.348 e. The highest BCUT2D eigenvalue weighted by Crippen LogP contribution is 2.25. The Hall–Kier alpha value is -2.54. The molecule has 0 saturated heterocycles. The summed E-state index contributed by atoms with van der Waals surface area (Å²) in [4.78, 5) is 37.8. The highest BCUT2D eigenvalue weighted by atomic mass is 35.5. The van der Waals surface area contributed by atoms with Gasteiger partial charge in [-0.1, -0.05) is 42.5 Å². The molecule has 0 bridgehead atoms. The van der Waals surface area contributed by atoms with Gasteiger partial charge in [0, 0.05) is 12.4 Å². The molecule has 0 aliphatic carbocycles. The van der Waals surface area contributed by atoms with Crippen molar-refractivity contribution in [3.63, 3.8) is 0 Å². The summed E-state index contributed by atoms with van der Waals surface area (Å²) in [7, 11) is 0. The van der Waals surface area contributed by atoms with Gasteiger partial charge in [0.15, 0.2) is 6.04 Å². The van der Waals surface area contributed by atoms with E-state index in [1.807, 2.05) is 30.3 Å². The van der Waals surface area contributed by atoms with Crippen LogP contribution in [0.2, 0.25) is 0 Å². The molecule has 8 heteroatoms. The Labute approximate surface area is 148 Å². The summed E-state index contributed by atoms with van der Waals surface area (Å²) >= 11 is 5.72. The molecule has 25 heavy (non-hydrogen) atoms. The van der Waals surface area contributed by atoms with Gasteiger partial charge in [-0.15, -0.1) is 11.6 Å². The second-order valence-corrected chi connectivity index (χ2v) is 5.91. The number of carbonyl (C=O) groups is 1. The SMILES string of the molecule is CCOC(=O)[C@@H]1C=C[C@H](c2ccccc2)n2c(=O)n(CCCl)c(=O)n21. The smallest absolute Gasteiger partial charge is 0.348 e. The Morgan fingerprint density at radius 1 is 1.12 bits per heavy atom. The van der Waals surface area contributed by atoms with Crippen molar-refractivity contribution < 1.29 is 9.53 Å². The average molecular weight is 364 g/mol. The van der Waals surface area contributed by atoms with E-state index >= 15 is 0 Å². The largest absolute Gasteiger partial charge is 0.464 e. The van der Waals surface area contributed by atoms with Crippen molar-refractivity contribution in [1.82, 2.24) is 13.9 Å². The monoisotopic (exact) mass is 363 g/mol. The summed E-state index contributed by atoms with van der Waals surface area (Å²) in [5.74, 6) is -0.462. The average Bonchev–Trinajstić information content (AvgIpc) is 2.88. The van der Waals surface area contributed by atoms with E-state index in [9.17, 15) is 14.4 Å². The van der Waals surface area contributed by atoms with Crippen LogP contribution in [-0.4, -0.2) is 32.4 Å². The number of hydrogen-bond acceptors (Lipinski definition) is 4. The minimum atomic E-state index is -0.975. The fourth-order valence-corrected chi connectivity index (χ4v) is 3.15. The zero-order valence-electron chi connectivity index (χ0n) is 13.7. The first kappa shape index (κ1) is 17.3. The Bertz CT molecular complexity index is 910. The van der Waals surface area contributed by atoms with Crippen LogP contribution in [0, 0.1) is 0 Å². The number of carbonyl (C=O) groups excluding carboxylic acids is 1. The van der Waals surface area contributed by atoms with Crippen LogP contribution >= 0.6 is 11.6 Å². The van der Waals surface area contributed by atoms with E-state index in [1.54, 1.807) is 19.1 Å².